The zero-order valence-electron chi connectivity index (χ0n) is 18.7. The number of rotatable bonds is 0. The number of hydrogen-bond acceptors (Lipinski definition) is 2. The van der Waals surface area contributed by atoms with Crippen LogP contribution in [0.4, 0.5) is 0 Å². The molecule has 2 aliphatic rings. The Hall–Kier alpha value is -4.30. The summed E-state index contributed by atoms with van der Waals surface area (Å²) in [5.74, 6) is 0. The molecule has 0 bridgehead atoms. The minimum absolute atomic E-state index is 0.378. The van der Waals surface area contributed by atoms with E-state index in [1.165, 1.54) is 60.8 Å². The number of benzene rings is 4. The normalized spacial score (nSPS) is 17.1. The first-order chi connectivity index (χ1) is 16.8. The third-order valence-corrected chi connectivity index (χ3v) is 7.80. The molecule has 2 heteroatoms. The third kappa shape index (κ3) is 1.95. The fourth-order valence-electron chi connectivity index (χ4n) is 6.65. The maximum atomic E-state index is 4.87. The molecule has 8 rings (SSSR count). The molecule has 1 unspecified atom stereocenters. The van der Waals surface area contributed by atoms with Crippen LogP contribution in [0.15, 0.2) is 103 Å². The average Bonchev–Trinajstić information content (AvgIpc) is 3.36. The molecular weight excluding hydrogens is 412 g/mol. The first-order valence-corrected chi connectivity index (χ1v) is 11.8. The van der Waals surface area contributed by atoms with Crippen LogP contribution in [-0.4, -0.2) is 9.97 Å². The van der Waals surface area contributed by atoms with Gasteiger partial charge in [0.2, 0.25) is 0 Å². The Labute approximate surface area is 197 Å². The smallest absolute Gasteiger partial charge is 0.0970 e. The molecule has 2 aromatic heterocycles. The highest BCUT2D eigenvalue weighted by Gasteiger charge is 2.53. The Morgan fingerprint density at radius 3 is 1.97 bits per heavy atom. The quantitative estimate of drug-likeness (QED) is 0.233. The molecule has 0 fully saturated rings. The summed E-state index contributed by atoms with van der Waals surface area (Å²) in [6, 6.07) is 33.4. The average molecular weight is 433 g/mol. The largest absolute Gasteiger partial charge is 0.254 e. The van der Waals surface area contributed by atoms with Crippen molar-refractivity contribution < 1.29 is 0 Å². The number of pyridine rings is 2. The van der Waals surface area contributed by atoms with Gasteiger partial charge in [-0.25, -0.2) is 0 Å². The summed E-state index contributed by atoms with van der Waals surface area (Å²) in [5.41, 5.74) is 13.5. The van der Waals surface area contributed by atoms with Crippen LogP contribution in [0.2, 0.25) is 0 Å². The molecule has 1 atom stereocenters. The van der Waals surface area contributed by atoms with E-state index < -0.39 is 0 Å². The minimum atomic E-state index is -0.378. The maximum absolute atomic E-state index is 4.87. The third-order valence-electron chi connectivity index (χ3n) is 7.80. The molecule has 0 N–H and O–H groups in total. The molecule has 2 nitrogen and oxygen atoms in total. The number of aryl methyl sites for hydroxylation is 1. The van der Waals surface area contributed by atoms with Gasteiger partial charge in [-0.2, -0.15) is 0 Å². The number of aromatic nitrogens is 2. The van der Waals surface area contributed by atoms with Gasteiger partial charge < -0.3 is 0 Å². The van der Waals surface area contributed by atoms with E-state index in [-0.39, 0.29) is 5.41 Å². The van der Waals surface area contributed by atoms with Gasteiger partial charge in [0.15, 0.2) is 0 Å². The van der Waals surface area contributed by atoms with Crippen LogP contribution in [0.5, 0.6) is 0 Å². The van der Waals surface area contributed by atoms with Crippen LogP contribution in [0.3, 0.4) is 0 Å². The van der Waals surface area contributed by atoms with Crippen molar-refractivity contribution in [2.24, 2.45) is 0 Å². The van der Waals surface area contributed by atoms with E-state index >= 15 is 0 Å². The molecule has 0 aliphatic heterocycles. The van der Waals surface area contributed by atoms with Crippen molar-refractivity contribution in [1.82, 2.24) is 9.97 Å². The van der Waals surface area contributed by atoms with Gasteiger partial charge in [0.1, 0.15) is 0 Å². The molecule has 0 amide bonds. The number of nitrogens with zero attached hydrogens (tertiary/aromatic N) is 2. The second kappa shape index (κ2) is 6.18. The molecule has 0 saturated heterocycles. The van der Waals surface area contributed by atoms with Gasteiger partial charge in [-0.3, -0.25) is 9.97 Å². The van der Waals surface area contributed by atoms with Crippen molar-refractivity contribution in [3.63, 3.8) is 0 Å². The molecule has 6 aromatic rings. The van der Waals surface area contributed by atoms with Crippen molar-refractivity contribution in [3.8, 4) is 22.3 Å². The van der Waals surface area contributed by atoms with E-state index in [4.69, 9.17) is 9.97 Å². The SMILES string of the molecule is Cc1ccc2c(c1)-c1ccccc1C21c2ccccc2-c2c1c1cccnc1c1ncccc21. The lowest BCUT2D eigenvalue weighted by atomic mass is 9.69. The first kappa shape index (κ1) is 18.2. The summed E-state index contributed by atoms with van der Waals surface area (Å²) in [5, 5.41) is 2.36. The summed E-state index contributed by atoms with van der Waals surface area (Å²) in [6.45, 7) is 2.18. The van der Waals surface area contributed by atoms with Crippen molar-refractivity contribution >= 4 is 21.8 Å². The van der Waals surface area contributed by atoms with Gasteiger partial charge in [-0.15, -0.1) is 0 Å². The summed E-state index contributed by atoms with van der Waals surface area (Å²) in [4.78, 5) is 9.68. The summed E-state index contributed by atoms with van der Waals surface area (Å²) >= 11 is 0. The molecule has 0 radical (unpaired) electrons. The molecule has 2 heterocycles. The molecule has 0 saturated carbocycles. The van der Waals surface area contributed by atoms with Crippen molar-refractivity contribution in [1.29, 1.82) is 0 Å². The van der Waals surface area contributed by atoms with E-state index in [0.29, 0.717) is 0 Å². The zero-order chi connectivity index (χ0) is 22.4. The summed E-state index contributed by atoms with van der Waals surface area (Å²) in [7, 11) is 0. The molecule has 158 valence electrons. The summed E-state index contributed by atoms with van der Waals surface area (Å²) in [6.07, 6.45) is 3.76. The molecule has 34 heavy (non-hydrogen) atoms. The van der Waals surface area contributed by atoms with Crippen LogP contribution in [0.25, 0.3) is 44.1 Å². The van der Waals surface area contributed by atoms with Crippen LogP contribution in [0.1, 0.15) is 27.8 Å². The molecular formula is C32H20N2. The predicted octanol–water partition coefficient (Wildman–Crippen LogP) is 7.43. The monoisotopic (exact) mass is 432 g/mol. The molecule has 4 aromatic carbocycles. The lowest BCUT2D eigenvalue weighted by Crippen LogP contribution is -2.26. The van der Waals surface area contributed by atoms with Crippen LogP contribution in [-0.2, 0) is 5.41 Å². The lowest BCUT2D eigenvalue weighted by Gasteiger charge is -2.31. The maximum Gasteiger partial charge on any atom is 0.0970 e. The van der Waals surface area contributed by atoms with E-state index in [9.17, 15) is 0 Å². The van der Waals surface area contributed by atoms with Crippen molar-refractivity contribution in [2.45, 2.75) is 12.3 Å². The predicted molar refractivity (Wildman–Crippen MR) is 138 cm³/mol. The lowest BCUT2D eigenvalue weighted by molar-refractivity contribution is 0.801. The Bertz CT molecular complexity index is 1830. The van der Waals surface area contributed by atoms with Crippen LogP contribution < -0.4 is 0 Å². The van der Waals surface area contributed by atoms with Crippen LogP contribution >= 0.6 is 0 Å². The van der Waals surface area contributed by atoms with Gasteiger partial charge in [0.25, 0.3) is 0 Å². The van der Waals surface area contributed by atoms with E-state index in [1.54, 1.807) is 0 Å². The Morgan fingerprint density at radius 1 is 0.559 bits per heavy atom. The molecule has 1 spiro atoms. The fourth-order valence-corrected chi connectivity index (χ4v) is 6.65. The number of hydrogen-bond donors (Lipinski definition) is 0. The number of fused-ring (bicyclic) bond motifs is 15. The minimum Gasteiger partial charge on any atom is -0.254 e. The zero-order valence-corrected chi connectivity index (χ0v) is 18.7. The molecule has 2 aliphatic carbocycles. The standard InChI is InChI=1S/C32H20N2/c1-19-14-15-27-24(18-19)20-8-2-4-12-25(20)32(27)26-13-5-3-9-21(26)28-22-10-6-16-33-30(22)31-23(29(28)32)11-7-17-34-31/h2-18H,1H3. The summed E-state index contributed by atoms with van der Waals surface area (Å²) < 4.78 is 0. The topological polar surface area (TPSA) is 25.8 Å². The van der Waals surface area contributed by atoms with Crippen molar-refractivity contribution in [3.05, 3.63) is 131 Å². The van der Waals surface area contributed by atoms with Crippen molar-refractivity contribution in [2.75, 3.05) is 0 Å². The highest BCUT2D eigenvalue weighted by Crippen LogP contribution is 2.65. The Balaban J connectivity index is 1.71. The van der Waals surface area contributed by atoms with Crippen LogP contribution in [0, 0.1) is 6.92 Å². The first-order valence-electron chi connectivity index (χ1n) is 11.8. The van der Waals surface area contributed by atoms with E-state index in [2.05, 4.69) is 91.9 Å². The highest BCUT2D eigenvalue weighted by molar-refractivity contribution is 6.17. The van der Waals surface area contributed by atoms with Gasteiger partial charge in [0.05, 0.1) is 16.4 Å². The Kier molecular flexibility index (Phi) is 3.30. The van der Waals surface area contributed by atoms with Gasteiger partial charge in [-0.1, -0.05) is 84.4 Å². The fraction of sp³-hybridized carbons (Fsp3) is 0.0625. The second-order valence-electron chi connectivity index (χ2n) is 9.44. The van der Waals surface area contributed by atoms with E-state index in [1.807, 2.05) is 18.5 Å². The van der Waals surface area contributed by atoms with Gasteiger partial charge >= 0.3 is 0 Å². The second-order valence-corrected chi connectivity index (χ2v) is 9.44. The Morgan fingerprint density at radius 2 is 1.18 bits per heavy atom. The van der Waals surface area contributed by atoms with Gasteiger partial charge in [-0.05, 0) is 63.6 Å². The highest BCUT2D eigenvalue weighted by atomic mass is 14.7. The van der Waals surface area contributed by atoms with E-state index in [0.717, 1.165) is 11.0 Å². The van der Waals surface area contributed by atoms with Gasteiger partial charge in [0, 0.05) is 23.2 Å².